The van der Waals surface area contributed by atoms with Gasteiger partial charge in [-0.05, 0) is 72.5 Å². The molecule has 47 heavy (non-hydrogen) atoms. The van der Waals surface area contributed by atoms with E-state index in [2.05, 4.69) is 5.16 Å². The van der Waals surface area contributed by atoms with Gasteiger partial charge in [0.2, 0.25) is 5.78 Å². The van der Waals surface area contributed by atoms with E-state index < -0.39 is 11.9 Å². The topological polar surface area (TPSA) is 121 Å². The first-order valence-corrected chi connectivity index (χ1v) is 15.0. The normalized spacial score (nSPS) is 13.9. The molecule has 9 heteroatoms. The van der Waals surface area contributed by atoms with Crippen LogP contribution in [0.15, 0.2) is 113 Å². The molecule has 2 aliphatic carbocycles. The number of ketones is 1. The Bertz CT molecular complexity index is 1920. The molecule has 9 nitrogen and oxygen atoms in total. The van der Waals surface area contributed by atoms with Crippen molar-refractivity contribution in [2.45, 2.75) is 13.8 Å². The van der Waals surface area contributed by atoms with Crippen LogP contribution in [-0.2, 0) is 19.1 Å². The molecule has 4 aromatic rings. The van der Waals surface area contributed by atoms with Crippen molar-refractivity contribution in [3.8, 4) is 11.5 Å². The number of nitrogens with zero attached hydrogens (tertiary/aromatic N) is 1. The summed E-state index contributed by atoms with van der Waals surface area (Å²) < 4.78 is 20.7. The molecule has 0 aliphatic heterocycles. The largest absolute Gasteiger partial charge is 0.497 e. The smallest absolute Gasteiger partial charge is 0.342 e. The van der Waals surface area contributed by atoms with E-state index in [-0.39, 0.29) is 35.9 Å². The monoisotopic (exact) mass is 631 g/mol. The van der Waals surface area contributed by atoms with Crippen LogP contribution in [0.3, 0.4) is 0 Å². The fourth-order valence-electron chi connectivity index (χ4n) is 5.60. The maximum atomic E-state index is 12.8. The van der Waals surface area contributed by atoms with Crippen molar-refractivity contribution < 1.29 is 38.5 Å². The zero-order chi connectivity index (χ0) is 33.5. The minimum Gasteiger partial charge on any atom is -0.497 e. The lowest BCUT2D eigenvalue weighted by Crippen LogP contribution is -2.15. The summed E-state index contributed by atoms with van der Waals surface area (Å²) in [7, 11) is 3.10. The van der Waals surface area contributed by atoms with Crippen LogP contribution in [0.25, 0.3) is 11.1 Å². The fourth-order valence-corrected chi connectivity index (χ4v) is 5.60. The summed E-state index contributed by atoms with van der Waals surface area (Å²) in [6, 6.07) is 29.5. The molecule has 0 saturated heterocycles. The van der Waals surface area contributed by atoms with Crippen molar-refractivity contribution in [1.29, 1.82) is 0 Å². The third-order valence-electron chi connectivity index (χ3n) is 7.64. The molecule has 4 aromatic carbocycles. The van der Waals surface area contributed by atoms with E-state index in [0.717, 1.165) is 22.3 Å². The average Bonchev–Trinajstić information content (AvgIpc) is 3.60. The summed E-state index contributed by atoms with van der Waals surface area (Å²) in [5.74, 6) is -0.232. The highest BCUT2D eigenvalue weighted by Crippen LogP contribution is 2.41. The number of carbonyl (C=O) groups excluding carboxylic acids is 3. The van der Waals surface area contributed by atoms with Gasteiger partial charge in [-0.3, -0.25) is 4.79 Å². The molecule has 0 atom stereocenters. The van der Waals surface area contributed by atoms with Crippen LogP contribution in [0.4, 0.5) is 0 Å². The minimum absolute atomic E-state index is 0.0845. The van der Waals surface area contributed by atoms with Crippen LogP contribution >= 0.6 is 0 Å². The summed E-state index contributed by atoms with van der Waals surface area (Å²) >= 11 is 0. The van der Waals surface area contributed by atoms with Crippen molar-refractivity contribution in [2.75, 3.05) is 27.4 Å². The number of hydrogen-bond acceptors (Lipinski definition) is 9. The zero-order valence-corrected chi connectivity index (χ0v) is 26.4. The Balaban J connectivity index is 0.000000185. The van der Waals surface area contributed by atoms with E-state index in [1.54, 1.807) is 52.3 Å². The SMILES string of the molecule is CCOC(=O)C1=C(c2ccccc2)c2ccc(OC)cc2C1=NO.CCOC(=O)C1=C(c2ccccc2)c2ccc(OC)cc2C1=O. The third kappa shape index (κ3) is 6.28. The first-order chi connectivity index (χ1) is 22.9. The maximum absolute atomic E-state index is 12.8. The average molecular weight is 632 g/mol. The molecule has 0 fully saturated rings. The molecule has 0 spiro atoms. The predicted molar refractivity (Wildman–Crippen MR) is 177 cm³/mol. The second-order valence-corrected chi connectivity index (χ2v) is 10.3. The molecule has 2 aliphatic rings. The predicted octanol–water partition coefficient (Wildman–Crippen LogP) is 6.51. The quantitative estimate of drug-likeness (QED) is 0.101. The number of Topliss-reactive ketones (excluding diaryl/α,β-unsaturated/α-hetero) is 1. The Morgan fingerprint density at radius 2 is 1.06 bits per heavy atom. The van der Waals surface area contributed by atoms with Gasteiger partial charge in [-0.15, -0.1) is 0 Å². The molecule has 1 N–H and O–H groups in total. The van der Waals surface area contributed by atoms with Gasteiger partial charge >= 0.3 is 11.9 Å². The second kappa shape index (κ2) is 14.4. The number of esters is 2. The van der Waals surface area contributed by atoms with E-state index in [1.165, 1.54) is 0 Å². The second-order valence-electron chi connectivity index (χ2n) is 10.3. The van der Waals surface area contributed by atoms with E-state index >= 15 is 0 Å². The Morgan fingerprint density at radius 1 is 0.617 bits per heavy atom. The number of benzene rings is 4. The minimum atomic E-state index is -0.591. The van der Waals surface area contributed by atoms with Crippen LogP contribution in [0.5, 0.6) is 11.5 Å². The summed E-state index contributed by atoms with van der Waals surface area (Å²) in [5.41, 5.74) is 6.15. The Kier molecular flexibility index (Phi) is 9.96. The van der Waals surface area contributed by atoms with Crippen molar-refractivity contribution >= 4 is 34.6 Å². The van der Waals surface area contributed by atoms with Gasteiger partial charge in [0.25, 0.3) is 0 Å². The molecular formula is C38H33NO8. The van der Waals surface area contributed by atoms with Crippen molar-refractivity contribution in [3.63, 3.8) is 0 Å². The van der Waals surface area contributed by atoms with Gasteiger partial charge in [-0.25, -0.2) is 9.59 Å². The van der Waals surface area contributed by atoms with E-state index in [4.69, 9.17) is 18.9 Å². The fraction of sp³-hybridized carbons (Fsp3) is 0.158. The Labute approximate surface area is 272 Å². The van der Waals surface area contributed by atoms with Gasteiger partial charge in [0.15, 0.2) is 0 Å². The highest BCUT2D eigenvalue weighted by atomic mass is 16.5. The van der Waals surface area contributed by atoms with Crippen molar-refractivity contribution in [2.24, 2.45) is 5.16 Å². The molecule has 0 unspecified atom stereocenters. The number of oxime groups is 1. The number of carbonyl (C=O) groups is 3. The lowest BCUT2D eigenvalue weighted by atomic mass is 9.97. The van der Waals surface area contributed by atoms with Gasteiger partial charge in [-0.1, -0.05) is 65.8 Å². The molecule has 0 bridgehead atoms. The molecule has 0 amide bonds. The molecule has 238 valence electrons. The molecule has 0 radical (unpaired) electrons. The Morgan fingerprint density at radius 3 is 1.53 bits per heavy atom. The molecule has 6 rings (SSSR count). The number of rotatable bonds is 8. The van der Waals surface area contributed by atoms with Crippen LogP contribution in [0.1, 0.15) is 52.0 Å². The van der Waals surface area contributed by atoms with Gasteiger partial charge < -0.3 is 24.2 Å². The van der Waals surface area contributed by atoms with E-state index in [1.807, 2.05) is 72.8 Å². The van der Waals surface area contributed by atoms with Gasteiger partial charge in [0.05, 0.1) is 33.0 Å². The van der Waals surface area contributed by atoms with Gasteiger partial charge in [-0.2, -0.15) is 0 Å². The van der Waals surface area contributed by atoms with Crippen molar-refractivity contribution in [1.82, 2.24) is 0 Å². The Hall–Kier alpha value is -5.96. The number of ether oxygens (including phenoxy) is 4. The maximum Gasteiger partial charge on any atom is 0.342 e. The first kappa shape index (κ1) is 32.4. The number of fused-ring (bicyclic) bond motifs is 2. The van der Waals surface area contributed by atoms with Crippen LogP contribution < -0.4 is 9.47 Å². The standard InChI is InChI=1S/C19H17NO4.C19H16O4/c1-3-24-19(21)17-16(12-7-5-4-6-8-12)14-10-9-13(23-2)11-15(14)18(17)20-22;1-3-23-19(21)17-16(12-7-5-4-6-8-12)14-10-9-13(22-2)11-15(14)18(17)20/h4-11,22H,3H2,1-2H3;4-11H,3H2,1-2H3. The zero-order valence-electron chi connectivity index (χ0n) is 26.4. The van der Waals surface area contributed by atoms with Crippen molar-refractivity contribution in [3.05, 3.63) is 142 Å². The summed E-state index contributed by atoms with van der Waals surface area (Å²) in [4.78, 5) is 37.6. The summed E-state index contributed by atoms with van der Waals surface area (Å²) in [5, 5.41) is 12.9. The number of hydrogen-bond donors (Lipinski definition) is 1. The summed E-state index contributed by atoms with van der Waals surface area (Å²) in [6.45, 7) is 3.91. The molecular weight excluding hydrogens is 598 g/mol. The highest BCUT2D eigenvalue weighted by molar-refractivity contribution is 6.37. The number of methoxy groups -OCH3 is 2. The first-order valence-electron chi connectivity index (χ1n) is 15.0. The lowest BCUT2D eigenvalue weighted by Gasteiger charge is -2.08. The van der Waals surface area contributed by atoms with Gasteiger partial charge in [0, 0.05) is 22.3 Å². The highest BCUT2D eigenvalue weighted by Gasteiger charge is 2.36. The van der Waals surface area contributed by atoms with Crippen LogP contribution in [-0.4, -0.2) is 56.1 Å². The van der Waals surface area contributed by atoms with E-state index in [0.29, 0.717) is 33.8 Å². The van der Waals surface area contributed by atoms with E-state index in [9.17, 15) is 19.6 Å². The van der Waals surface area contributed by atoms with Crippen LogP contribution in [0.2, 0.25) is 0 Å². The third-order valence-corrected chi connectivity index (χ3v) is 7.64. The van der Waals surface area contributed by atoms with Gasteiger partial charge in [0.1, 0.15) is 22.8 Å². The molecule has 0 saturated carbocycles. The molecule has 0 aromatic heterocycles. The lowest BCUT2D eigenvalue weighted by molar-refractivity contribution is -0.138. The van der Waals surface area contributed by atoms with Crippen LogP contribution in [0, 0.1) is 0 Å². The molecule has 0 heterocycles. The summed E-state index contributed by atoms with van der Waals surface area (Å²) in [6.07, 6.45) is 0.